The van der Waals surface area contributed by atoms with Crippen LogP contribution in [0.3, 0.4) is 0 Å². The van der Waals surface area contributed by atoms with Gasteiger partial charge >= 0.3 is 5.97 Å². The molecule has 4 atom stereocenters. The predicted molar refractivity (Wildman–Crippen MR) is 144 cm³/mol. The molecule has 0 bridgehead atoms. The number of amides is 1. The molecule has 10 heteroatoms. The second kappa shape index (κ2) is 17.3. The van der Waals surface area contributed by atoms with E-state index in [1.165, 1.54) is 11.3 Å². The number of unbranched alkanes of at least 4 members (excludes halogenated alkanes) is 3. The minimum atomic E-state index is -0.742. The predicted octanol–water partition coefficient (Wildman–Crippen LogP) is 6.95. The van der Waals surface area contributed by atoms with Gasteiger partial charge in [-0.3, -0.25) is 4.79 Å². The molecule has 0 spiro atoms. The highest BCUT2D eigenvalue weighted by Crippen LogP contribution is 2.32. The molecule has 0 aliphatic rings. The average molecular weight is 524 g/mol. The van der Waals surface area contributed by atoms with Gasteiger partial charge in [0.25, 0.3) is 0 Å². The largest absolute Gasteiger partial charge is 0.461 e. The van der Waals surface area contributed by atoms with Crippen LogP contribution in [-0.2, 0) is 14.3 Å². The molecular formula is C26H45N5O4S. The maximum absolute atomic E-state index is 13.8. The zero-order valence-corrected chi connectivity index (χ0v) is 23.9. The first-order valence-corrected chi connectivity index (χ1v) is 14.2. The minimum Gasteiger partial charge on any atom is -0.461 e. The van der Waals surface area contributed by atoms with E-state index in [1.807, 2.05) is 25.7 Å². The summed E-state index contributed by atoms with van der Waals surface area (Å²) in [5.41, 5.74) is 9.45. The van der Waals surface area contributed by atoms with Gasteiger partial charge in [0.05, 0.1) is 6.61 Å². The summed E-state index contributed by atoms with van der Waals surface area (Å²) in [6, 6.07) is -0.890. The van der Waals surface area contributed by atoms with Crippen LogP contribution in [0.25, 0.3) is 10.4 Å². The molecule has 0 saturated heterocycles. The Balaban J connectivity index is 3.32. The van der Waals surface area contributed by atoms with Crippen LogP contribution in [0.15, 0.2) is 10.5 Å². The fraction of sp³-hybridized carbons (Fsp3) is 0.808. The van der Waals surface area contributed by atoms with Crippen molar-refractivity contribution < 1.29 is 19.1 Å². The molecule has 1 aromatic heterocycles. The van der Waals surface area contributed by atoms with Gasteiger partial charge in [-0.15, -0.1) is 11.3 Å². The molecule has 0 fully saturated rings. The molecule has 0 aliphatic heterocycles. The standard InChI is InChI=1S/C26H45N5O4S/c1-8-12-13-14-15-31(25(32)23(29-30-27)19(7)9-2)21(18(5)6)16-22(34-10-3)24-28-20(17-36-24)26(33)35-11-4/h17-19,21-23H,8-16H2,1-7H3/t19-,21+,22+,23-/m0/s1. The molecule has 1 rings (SSSR count). The van der Waals surface area contributed by atoms with E-state index in [0.717, 1.165) is 32.1 Å². The molecule has 0 N–H and O–H groups in total. The van der Waals surface area contributed by atoms with E-state index in [-0.39, 0.29) is 42.2 Å². The number of rotatable bonds is 18. The topological polar surface area (TPSA) is 117 Å². The highest BCUT2D eigenvalue weighted by atomic mass is 32.1. The molecule has 1 heterocycles. The number of ether oxygens (including phenoxy) is 2. The molecule has 9 nitrogen and oxygen atoms in total. The van der Waals surface area contributed by atoms with Gasteiger partial charge in [0.1, 0.15) is 17.2 Å². The second-order valence-electron chi connectivity index (χ2n) is 9.41. The van der Waals surface area contributed by atoms with E-state index >= 15 is 0 Å². The van der Waals surface area contributed by atoms with E-state index in [4.69, 9.17) is 9.47 Å². The summed E-state index contributed by atoms with van der Waals surface area (Å²) in [5, 5.41) is 6.30. The number of aromatic nitrogens is 1. The Morgan fingerprint density at radius 2 is 1.86 bits per heavy atom. The van der Waals surface area contributed by atoms with Crippen LogP contribution < -0.4 is 0 Å². The van der Waals surface area contributed by atoms with Crippen molar-refractivity contribution in [1.82, 2.24) is 9.88 Å². The monoisotopic (exact) mass is 523 g/mol. The molecule has 36 heavy (non-hydrogen) atoms. The van der Waals surface area contributed by atoms with Gasteiger partial charge < -0.3 is 14.4 Å². The fourth-order valence-electron chi connectivity index (χ4n) is 4.16. The van der Waals surface area contributed by atoms with Crippen molar-refractivity contribution in [3.05, 3.63) is 26.5 Å². The number of thiazole rings is 1. The number of esters is 1. The van der Waals surface area contributed by atoms with Gasteiger partial charge in [-0.2, -0.15) is 0 Å². The lowest BCUT2D eigenvalue weighted by Crippen LogP contribution is -2.49. The third-order valence-electron chi connectivity index (χ3n) is 6.42. The van der Waals surface area contributed by atoms with Crippen molar-refractivity contribution in [2.75, 3.05) is 19.8 Å². The molecule has 0 radical (unpaired) electrons. The summed E-state index contributed by atoms with van der Waals surface area (Å²) >= 11 is 1.37. The average Bonchev–Trinajstić information content (AvgIpc) is 3.35. The van der Waals surface area contributed by atoms with Crippen LogP contribution in [-0.4, -0.2) is 53.6 Å². The van der Waals surface area contributed by atoms with E-state index in [2.05, 4.69) is 35.8 Å². The van der Waals surface area contributed by atoms with Crippen molar-refractivity contribution in [3.63, 3.8) is 0 Å². The summed E-state index contributed by atoms with van der Waals surface area (Å²) in [6.45, 7) is 15.3. The Hall–Kier alpha value is -2.16. The van der Waals surface area contributed by atoms with Crippen LogP contribution in [0.2, 0.25) is 0 Å². The summed E-state index contributed by atoms with van der Waals surface area (Å²) < 4.78 is 11.2. The third kappa shape index (κ3) is 9.71. The van der Waals surface area contributed by atoms with Crippen molar-refractivity contribution >= 4 is 23.2 Å². The first-order chi connectivity index (χ1) is 17.2. The van der Waals surface area contributed by atoms with Gasteiger partial charge in [-0.1, -0.05) is 65.4 Å². The van der Waals surface area contributed by atoms with Crippen LogP contribution in [0.1, 0.15) is 109 Å². The van der Waals surface area contributed by atoms with E-state index in [1.54, 1.807) is 12.3 Å². The Morgan fingerprint density at radius 1 is 1.14 bits per heavy atom. The van der Waals surface area contributed by atoms with Gasteiger partial charge in [0.15, 0.2) is 5.69 Å². The Kier molecular flexibility index (Phi) is 15.3. The van der Waals surface area contributed by atoms with Crippen LogP contribution >= 0.6 is 11.3 Å². The third-order valence-corrected chi connectivity index (χ3v) is 7.36. The molecule has 0 aromatic carbocycles. The fourth-order valence-corrected chi connectivity index (χ4v) is 5.01. The molecule has 204 valence electrons. The van der Waals surface area contributed by atoms with Crippen molar-refractivity contribution in [2.24, 2.45) is 17.0 Å². The first kappa shape index (κ1) is 31.9. The summed E-state index contributed by atoms with van der Waals surface area (Å²) in [7, 11) is 0. The minimum absolute atomic E-state index is 0.0619. The molecule has 0 saturated carbocycles. The van der Waals surface area contributed by atoms with E-state index < -0.39 is 12.0 Å². The highest BCUT2D eigenvalue weighted by Gasteiger charge is 2.35. The van der Waals surface area contributed by atoms with Gasteiger partial charge in [0.2, 0.25) is 5.91 Å². The normalized spacial score (nSPS) is 14.6. The lowest BCUT2D eigenvalue weighted by molar-refractivity contribution is -0.138. The van der Waals surface area contributed by atoms with Crippen molar-refractivity contribution in [2.45, 2.75) is 105 Å². The second-order valence-corrected chi connectivity index (χ2v) is 10.3. The van der Waals surface area contributed by atoms with Crippen molar-refractivity contribution in [3.8, 4) is 0 Å². The lowest BCUT2D eigenvalue weighted by Gasteiger charge is -2.38. The Labute approximate surface area is 220 Å². The number of carbonyl (C=O) groups excluding carboxylic acids is 2. The van der Waals surface area contributed by atoms with Gasteiger partial charge in [-0.25, -0.2) is 9.78 Å². The van der Waals surface area contributed by atoms with Crippen LogP contribution in [0.5, 0.6) is 0 Å². The zero-order valence-electron chi connectivity index (χ0n) is 23.1. The smallest absolute Gasteiger partial charge is 0.357 e. The molecule has 1 amide bonds. The molecule has 0 aliphatic carbocycles. The van der Waals surface area contributed by atoms with Gasteiger partial charge in [0, 0.05) is 35.9 Å². The summed E-state index contributed by atoms with van der Waals surface area (Å²) in [5.74, 6) is -0.502. The summed E-state index contributed by atoms with van der Waals surface area (Å²) in [4.78, 5) is 35.4. The number of carbonyl (C=O) groups is 2. The number of hydrogen-bond donors (Lipinski definition) is 0. The SMILES string of the molecule is CCCCCCN(C(=O)[C@@H](N=[N+]=[N-])[C@@H](C)CC)[C@H](C[C@@H](OCC)c1nc(C(=O)OCC)cs1)C(C)C. The molecule has 0 unspecified atom stereocenters. The number of nitrogens with zero attached hydrogens (tertiary/aromatic N) is 5. The quantitative estimate of drug-likeness (QED) is 0.0678. The Bertz CT molecular complexity index is 840. The lowest BCUT2D eigenvalue weighted by atomic mass is 9.92. The molecule has 1 aromatic rings. The maximum atomic E-state index is 13.8. The van der Waals surface area contributed by atoms with Gasteiger partial charge in [-0.05, 0) is 37.6 Å². The highest BCUT2D eigenvalue weighted by molar-refractivity contribution is 7.09. The summed E-state index contributed by atoms with van der Waals surface area (Å²) in [6.07, 6.45) is 5.03. The first-order valence-electron chi connectivity index (χ1n) is 13.3. The van der Waals surface area contributed by atoms with Crippen molar-refractivity contribution in [1.29, 1.82) is 0 Å². The van der Waals surface area contributed by atoms with E-state index in [0.29, 0.717) is 24.6 Å². The number of hydrogen-bond acceptors (Lipinski definition) is 7. The zero-order chi connectivity index (χ0) is 27.1. The van der Waals surface area contributed by atoms with E-state index in [9.17, 15) is 15.1 Å². The Morgan fingerprint density at radius 3 is 2.42 bits per heavy atom. The van der Waals surface area contributed by atoms with Crippen LogP contribution in [0.4, 0.5) is 0 Å². The molecular weight excluding hydrogens is 478 g/mol. The number of azide groups is 1. The van der Waals surface area contributed by atoms with Crippen LogP contribution in [0, 0.1) is 11.8 Å². The maximum Gasteiger partial charge on any atom is 0.357 e.